The predicted octanol–water partition coefficient (Wildman–Crippen LogP) is 4.01. The lowest BCUT2D eigenvalue weighted by Crippen LogP contribution is -2.37. The summed E-state index contributed by atoms with van der Waals surface area (Å²) in [5.74, 6) is 1.38. The Kier molecular flexibility index (Phi) is 5.17. The number of nitrogens with zero attached hydrogens (tertiary/aromatic N) is 1. The molecular formula is C16H24ClNO2. The summed E-state index contributed by atoms with van der Waals surface area (Å²) >= 11 is 6.44. The van der Waals surface area contributed by atoms with Gasteiger partial charge >= 0.3 is 0 Å². The van der Waals surface area contributed by atoms with Crippen LogP contribution in [0.3, 0.4) is 0 Å². The largest absolute Gasteiger partial charge is 0.491 e. The minimum atomic E-state index is 0.384. The summed E-state index contributed by atoms with van der Waals surface area (Å²) in [6.45, 7) is 12.4. The molecule has 2 rings (SSSR count). The van der Waals surface area contributed by atoms with Crippen molar-refractivity contribution in [3.05, 3.63) is 22.2 Å². The van der Waals surface area contributed by atoms with E-state index in [1.54, 1.807) is 0 Å². The molecule has 0 amide bonds. The van der Waals surface area contributed by atoms with Gasteiger partial charge in [0.1, 0.15) is 5.75 Å². The first-order valence-corrected chi connectivity index (χ1v) is 7.72. The third kappa shape index (κ3) is 3.04. The molecule has 0 aliphatic carbocycles. The van der Waals surface area contributed by atoms with E-state index < -0.39 is 0 Å². The highest BCUT2D eigenvalue weighted by molar-refractivity contribution is 6.32. The van der Waals surface area contributed by atoms with Crippen molar-refractivity contribution in [3.63, 3.8) is 0 Å². The van der Waals surface area contributed by atoms with Gasteiger partial charge in [-0.2, -0.15) is 0 Å². The molecule has 1 fully saturated rings. The second-order valence-electron chi connectivity index (χ2n) is 5.44. The first-order valence-electron chi connectivity index (χ1n) is 7.34. The van der Waals surface area contributed by atoms with Crippen LogP contribution in [0, 0.1) is 6.92 Å². The molecule has 0 unspecified atom stereocenters. The van der Waals surface area contributed by atoms with Crippen molar-refractivity contribution in [2.75, 3.05) is 37.8 Å². The van der Waals surface area contributed by atoms with Crippen molar-refractivity contribution in [2.24, 2.45) is 0 Å². The summed E-state index contributed by atoms with van der Waals surface area (Å²) in [6.07, 6.45) is 0. The average molecular weight is 298 g/mol. The Morgan fingerprint density at radius 3 is 2.55 bits per heavy atom. The number of morpholine rings is 1. The highest BCUT2D eigenvalue weighted by Crippen LogP contribution is 2.42. The van der Waals surface area contributed by atoms with Gasteiger partial charge in [0.2, 0.25) is 0 Å². The van der Waals surface area contributed by atoms with Gasteiger partial charge in [0, 0.05) is 23.7 Å². The van der Waals surface area contributed by atoms with Crippen molar-refractivity contribution >= 4 is 17.3 Å². The van der Waals surface area contributed by atoms with Crippen LogP contribution in [-0.2, 0) is 4.74 Å². The van der Waals surface area contributed by atoms with E-state index in [4.69, 9.17) is 21.1 Å². The normalized spacial score (nSPS) is 15.8. The number of ether oxygens (including phenoxy) is 2. The SMILES string of the molecule is CCOc1c(C(C)C)cc(Cl)c(C)c1N1CCOCC1. The molecule has 112 valence electrons. The summed E-state index contributed by atoms with van der Waals surface area (Å²) in [7, 11) is 0. The second-order valence-corrected chi connectivity index (χ2v) is 5.84. The summed E-state index contributed by atoms with van der Waals surface area (Å²) < 4.78 is 11.4. The zero-order chi connectivity index (χ0) is 14.7. The predicted molar refractivity (Wildman–Crippen MR) is 84.5 cm³/mol. The molecule has 0 atom stereocenters. The number of rotatable bonds is 4. The Morgan fingerprint density at radius 2 is 2.00 bits per heavy atom. The molecule has 3 nitrogen and oxygen atoms in total. The number of halogens is 1. The van der Waals surface area contributed by atoms with Crippen LogP contribution in [0.2, 0.25) is 5.02 Å². The number of benzene rings is 1. The first kappa shape index (κ1) is 15.5. The molecule has 0 aromatic heterocycles. The molecule has 0 saturated carbocycles. The highest BCUT2D eigenvalue weighted by Gasteiger charge is 2.23. The maximum Gasteiger partial charge on any atom is 0.146 e. The van der Waals surface area contributed by atoms with E-state index in [1.165, 1.54) is 5.56 Å². The molecule has 1 heterocycles. The van der Waals surface area contributed by atoms with E-state index in [1.807, 2.05) is 6.92 Å². The smallest absolute Gasteiger partial charge is 0.146 e. The number of hydrogen-bond acceptors (Lipinski definition) is 3. The van der Waals surface area contributed by atoms with Gasteiger partial charge in [0.25, 0.3) is 0 Å². The Morgan fingerprint density at radius 1 is 1.35 bits per heavy atom. The Labute approximate surface area is 126 Å². The Bertz CT molecular complexity index is 468. The van der Waals surface area contributed by atoms with Gasteiger partial charge in [0.05, 0.1) is 25.5 Å². The molecule has 0 N–H and O–H groups in total. The van der Waals surface area contributed by atoms with E-state index in [9.17, 15) is 0 Å². The summed E-state index contributed by atoms with van der Waals surface area (Å²) in [5.41, 5.74) is 3.43. The summed E-state index contributed by atoms with van der Waals surface area (Å²) in [5, 5.41) is 0.818. The van der Waals surface area contributed by atoms with Crippen LogP contribution < -0.4 is 9.64 Å². The number of anilines is 1. The van der Waals surface area contributed by atoms with E-state index >= 15 is 0 Å². The summed E-state index contributed by atoms with van der Waals surface area (Å²) in [6, 6.07) is 2.05. The quantitative estimate of drug-likeness (QED) is 0.838. The van der Waals surface area contributed by atoms with E-state index in [2.05, 4.69) is 31.7 Å². The van der Waals surface area contributed by atoms with Crippen molar-refractivity contribution in [2.45, 2.75) is 33.6 Å². The molecule has 1 aromatic rings. The van der Waals surface area contributed by atoms with Crippen LogP contribution in [0.15, 0.2) is 6.07 Å². The molecule has 0 bridgehead atoms. The maximum atomic E-state index is 6.44. The third-order valence-electron chi connectivity index (χ3n) is 3.71. The molecule has 1 aromatic carbocycles. The second kappa shape index (κ2) is 6.68. The van der Waals surface area contributed by atoms with Gasteiger partial charge in [-0.05, 0) is 31.4 Å². The lowest BCUT2D eigenvalue weighted by molar-refractivity contribution is 0.122. The molecule has 0 radical (unpaired) electrons. The minimum Gasteiger partial charge on any atom is -0.491 e. The Balaban J connectivity index is 2.55. The zero-order valence-electron chi connectivity index (χ0n) is 12.8. The van der Waals surface area contributed by atoms with Crippen molar-refractivity contribution < 1.29 is 9.47 Å². The van der Waals surface area contributed by atoms with Crippen LogP contribution in [-0.4, -0.2) is 32.9 Å². The third-order valence-corrected chi connectivity index (χ3v) is 4.10. The molecule has 1 aliphatic heterocycles. The summed E-state index contributed by atoms with van der Waals surface area (Å²) in [4.78, 5) is 2.33. The first-order chi connectivity index (χ1) is 9.56. The Hall–Kier alpha value is -0.930. The standard InChI is InChI=1S/C16H24ClNO2/c1-5-20-16-13(11(2)3)10-14(17)12(4)15(16)18-6-8-19-9-7-18/h10-11H,5-9H2,1-4H3. The fourth-order valence-electron chi connectivity index (χ4n) is 2.62. The van der Waals surface area contributed by atoms with Crippen LogP contribution >= 0.6 is 11.6 Å². The van der Waals surface area contributed by atoms with Crippen LogP contribution in [0.4, 0.5) is 5.69 Å². The topological polar surface area (TPSA) is 21.7 Å². The molecular weight excluding hydrogens is 274 g/mol. The highest BCUT2D eigenvalue weighted by atomic mass is 35.5. The lowest BCUT2D eigenvalue weighted by Gasteiger charge is -2.33. The fourth-order valence-corrected chi connectivity index (χ4v) is 2.83. The average Bonchev–Trinajstić information content (AvgIpc) is 2.44. The van der Waals surface area contributed by atoms with Crippen LogP contribution in [0.1, 0.15) is 37.8 Å². The van der Waals surface area contributed by atoms with Crippen molar-refractivity contribution in [1.82, 2.24) is 0 Å². The molecule has 1 aliphatic rings. The fraction of sp³-hybridized carbons (Fsp3) is 0.625. The van der Waals surface area contributed by atoms with Crippen molar-refractivity contribution in [1.29, 1.82) is 0 Å². The van der Waals surface area contributed by atoms with Gasteiger partial charge in [-0.25, -0.2) is 0 Å². The number of hydrogen-bond donors (Lipinski definition) is 0. The molecule has 20 heavy (non-hydrogen) atoms. The maximum absolute atomic E-state index is 6.44. The minimum absolute atomic E-state index is 0.384. The molecule has 0 spiro atoms. The van der Waals surface area contributed by atoms with Gasteiger partial charge in [0.15, 0.2) is 0 Å². The van der Waals surface area contributed by atoms with Gasteiger partial charge in [-0.3, -0.25) is 0 Å². The van der Waals surface area contributed by atoms with E-state index in [0.29, 0.717) is 12.5 Å². The van der Waals surface area contributed by atoms with Crippen molar-refractivity contribution in [3.8, 4) is 5.75 Å². The van der Waals surface area contributed by atoms with Gasteiger partial charge in [-0.15, -0.1) is 0 Å². The monoisotopic (exact) mass is 297 g/mol. The van der Waals surface area contributed by atoms with E-state index in [0.717, 1.165) is 48.3 Å². The molecule has 4 heteroatoms. The lowest BCUT2D eigenvalue weighted by atomic mass is 9.98. The van der Waals surface area contributed by atoms with Gasteiger partial charge in [-0.1, -0.05) is 25.4 Å². The zero-order valence-corrected chi connectivity index (χ0v) is 13.6. The molecule has 1 saturated heterocycles. The van der Waals surface area contributed by atoms with Crippen LogP contribution in [0.25, 0.3) is 0 Å². The van der Waals surface area contributed by atoms with E-state index in [-0.39, 0.29) is 0 Å². The van der Waals surface area contributed by atoms with Crippen LogP contribution in [0.5, 0.6) is 5.75 Å². The van der Waals surface area contributed by atoms with Gasteiger partial charge < -0.3 is 14.4 Å².